The zero-order chi connectivity index (χ0) is 36.5. The Labute approximate surface area is 319 Å². The minimum Gasteiger partial charge on any atom is -0.317 e. The number of rotatable bonds is 6. The number of hydrogen-bond acceptors (Lipinski definition) is 1. The Kier molecular flexibility index (Phi) is 7.04. The van der Waals surface area contributed by atoms with E-state index in [4.69, 9.17) is 0 Å². The zero-order valence-electron chi connectivity index (χ0n) is 30.3. The topological polar surface area (TPSA) is 18.0 Å². The fourth-order valence-corrected chi connectivity index (χ4v) is 8.56. The molecule has 4 nitrogen and oxygen atoms in total. The Morgan fingerprint density at radius 1 is 0.345 bits per heavy atom. The van der Waals surface area contributed by atoms with Crippen molar-refractivity contribution in [3.63, 3.8) is 0 Å². The molecule has 8 aromatic carbocycles. The van der Waals surface area contributed by atoms with Gasteiger partial charge in [0.25, 0.3) is 0 Å². The standard InChI is InChI=1S/C51H36N4/c1-35-23-25-39(26-24-35)54-47-21-10-8-19-43(47)45-33-42(27-28-49(45)54)53(38-15-6-3-7-16-38)40-17-12-18-41(32-40)55-48-22-11-9-20-44(48)46-34-50-36(31-51(46)55)29-30-52(50)37-13-4-2-5-14-37/h2-34H,1H3. The zero-order valence-corrected chi connectivity index (χ0v) is 30.3. The van der Waals surface area contributed by atoms with Gasteiger partial charge >= 0.3 is 0 Å². The Morgan fingerprint density at radius 3 is 1.67 bits per heavy atom. The predicted molar refractivity (Wildman–Crippen MR) is 231 cm³/mol. The van der Waals surface area contributed by atoms with Gasteiger partial charge in [-0.25, -0.2) is 0 Å². The minimum atomic E-state index is 1.09. The van der Waals surface area contributed by atoms with E-state index in [2.05, 4.69) is 226 Å². The number of para-hydroxylation sites is 4. The van der Waals surface area contributed by atoms with Crippen LogP contribution in [0.3, 0.4) is 0 Å². The van der Waals surface area contributed by atoms with Crippen LogP contribution in [0.15, 0.2) is 200 Å². The maximum atomic E-state index is 2.43. The summed E-state index contributed by atoms with van der Waals surface area (Å²) in [5, 5.41) is 6.14. The van der Waals surface area contributed by atoms with Crippen LogP contribution < -0.4 is 4.90 Å². The van der Waals surface area contributed by atoms with Crippen molar-refractivity contribution in [2.45, 2.75) is 6.92 Å². The van der Waals surface area contributed by atoms with Crippen molar-refractivity contribution in [1.82, 2.24) is 13.7 Å². The summed E-state index contributed by atoms with van der Waals surface area (Å²) in [6, 6.07) is 70.4. The molecule has 0 N–H and O–H groups in total. The Bertz CT molecular complexity index is 3200. The third kappa shape index (κ3) is 4.99. The molecular weight excluding hydrogens is 669 g/mol. The summed E-state index contributed by atoms with van der Waals surface area (Å²) in [6.07, 6.45) is 2.18. The summed E-state index contributed by atoms with van der Waals surface area (Å²) in [5.74, 6) is 0. The first kappa shape index (κ1) is 31.2. The van der Waals surface area contributed by atoms with Crippen molar-refractivity contribution < 1.29 is 0 Å². The van der Waals surface area contributed by atoms with E-state index in [1.807, 2.05) is 0 Å². The van der Waals surface area contributed by atoms with Gasteiger partial charge in [0.2, 0.25) is 0 Å². The average molecular weight is 705 g/mol. The Balaban J connectivity index is 1.10. The molecular formula is C51H36N4. The molecule has 55 heavy (non-hydrogen) atoms. The molecule has 0 atom stereocenters. The molecule has 3 aromatic heterocycles. The monoisotopic (exact) mass is 704 g/mol. The Morgan fingerprint density at radius 2 is 0.927 bits per heavy atom. The third-order valence-electron chi connectivity index (χ3n) is 11.1. The largest absolute Gasteiger partial charge is 0.317 e. The first-order valence-electron chi connectivity index (χ1n) is 18.9. The molecule has 4 heteroatoms. The van der Waals surface area contributed by atoms with Gasteiger partial charge in [-0.2, -0.15) is 0 Å². The van der Waals surface area contributed by atoms with E-state index >= 15 is 0 Å². The van der Waals surface area contributed by atoms with Crippen molar-refractivity contribution in [2.24, 2.45) is 0 Å². The highest BCUT2D eigenvalue weighted by Gasteiger charge is 2.20. The van der Waals surface area contributed by atoms with Crippen LogP contribution in [0.1, 0.15) is 5.56 Å². The summed E-state index contributed by atoms with van der Waals surface area (Å²) < 4.78 is 7.10. The molecule has 0 saturated heterocycles. The van der Waals surface area contributed by atoms with Crippen molar-refractivity contribution in [3.8, 4) is 17.1 Å². The van der Waals surface area contributed by atoms with Crippen molar-refractivity contribution in [1.29, 1.82) is 0 Å². The second-order valence-electron chi connectivity index (χ2n) is 14.4. The van der Waals surface area contributed by atoms with E-state index in [0.717, 1.165) is 34.1 Å². The molecule has 0 amide bonds. The summed E-state index contributed by atoms with van der Waals surface area (Å²) in [4.78, 5) is 2.38. The highest BCUT2D eigenvalue weighted by molar-refractivity contribution is 6.14. The van der Waals surface area contributed by atoms with Gasteiger partial charge in [0, 0.05) is 67.3 Å². The van der Waals surface area contributed by atoms with E-state index in [1.165, 1.54) is 60.1 Å². The molecule has 0 spiro atoms. The van der Waals surface area contributed by atoms with Crippen LogP contribution in [-0.4, -0.2) is 13.7 Å². The summed E-state index contributed by atoms with van der Waals surface area (Å²) in [5.41, 5.74) is 14.0. The molecule has 0 bridgehead atoms. The molecule has 11 aromatic rings. The van der Waals surface area contributed by atoms with Gasteiger partial charge in [0.1, 0.15) is 0 Å². The molecule has 0 radical (unpaired) electrons. The second kappa shape index (κ2) is 12.4. The number of anilines is 3. The Hall–Kier alpha value is -7.30. The second-order valence-corrected chi connectivity index (χ2v) is 14.4. The molecule has 3 heterocycles. The lowest BCUT2D eigenvalue weighted by molar-refractivity contribution is 1.13. The lowest BCUT2D eigenvalue weighted by atomic mass is 10.1. The van der Waals surface area contributed by atoms with Crippen molar-refractivity contribution in [2.75, 3.05) is 4.90 Å². The van der Waals surface area contributed by atoms with Gasteiger partial charge in [-0.3, -0.25) is 0 Å². The maximum Gasteiger partial charge on any atom is 0.0548 e. The average Bonchev–Trinajstić information content (AvgIpc) is 3.91. The van der Waals surface area contributed by atoms with E-state index in [0.29, 0.717) is 0 Å². The first-order chi connectivity index (χ1) is 27.2. The van der Waals surface area contributed by atoms with Crippen LogP contribution in [0.2, 0.25) is 0 Å². The van der Waals surface area contributed by atoms with Gasteiger partial charge in [-0.15, -0.1) is 0 Å². The SMILES string of the molecule is Cc1ccc(-n2c3ccccc3c3cc(N(c4ccccc4)c4cccc(-n5c6ccccc6c6cc7c(ccn7-c7ccccc7)cc65)c4)ccc32)cc1. The van der Waals surface area contributed by atoms with E-state index in [-0.39, 0.29) is 0 Å². The lowest BCUT2D eigenvalue weighted by Crippen LogP contribution is -2.10. The van der Waals surface area contributed by atoms with Gasteiger partial charge < -0.3 is 18.6 Å². The lowest BCUT2D eigenvalue weighted by Gasteiger charge is -2.26. The predicted octanol–water partition coefficient (Wildman–Crippen LogP) is 13.6. The van der Waals surface area contributed by atoms with Crippen LogP contribution >= 0.6 is 0 Å². The first-order valence-corrected chi connectivity index (χ1v) is 18.9. The number of aromatic nitrogens is 3. The van der Waals surface area contributed by atoms with Crippen molar-refractivity contribution >= 4 is 71.6 Å². The van der Waals surface area contributed by atoms with Crippen LogP contribution in [0, 0.1) is 6.92 Å². The molecule has 0 saturated carbocycles. The van der Waals surface area contributed by atoms with Crippen LogP contribution in [0.25, 0.3) is 71.6 Å². The molecule has 11 rings (SSSR count). The highest BCUT2D eigenvalue weighted by atomic mass is 15.1. The number of fused-ring (bicyclic) bond motifs is 7. The number of hydrogen-bond donors (Lipinski definition) is 0. The van der Waals surface area contributed by atoms with Crippen LogP contribution in [-0.2, 0) is 0 Å². The van der Waals surface area contributed by atoms with Gasteiger partial charge in [0.05, 0.1) is 27.6 Å². The molecule has 0 unspecified atom stereocenters. The van der Waals surface area contributed by atoms with E-state index in [9.17, 15) is 0 Å². The number of nitrogens with zero attached hydrogens (tertiary/aromatic N) is 4. The molecule has 0 fully saturated rings. The fourth-order valence-electron chi connectivity index (χ4n) is 8.56. The highest BCUT2D eigenvalue weighted by Crippen LogP contribution is 2.42. The van der Waals surface area contributed by atoms with Gasteiger partial charge in [0.15, 0.2) is 0 Å². The summed E-state index contributed by atoms with van der Waals surface area (Å²) in [7, 11) is 0. The van der Waals surface area contributed by atoms with Crippen LogP contribution in [0.4, 0.5) is 17.1 Å². The summed E-state index contributed by atoms with van der Waals surface area (Å²) in [6.45, 7) is 2.14. The third-order valence-corrected chi connectivity index (χ3v) is 11.1. The van der Waals surface area contributed by atoms with E-state index < -0.39 is 0 Å². The number of aryl methyl sites for hydroxylation is 1. The maximum absolute atomic E-state index is 2.43. The molecule has 260 valence electrons. The van der Waals surface area contributed by atoms with Gasteiger partial charge in [-0.05, 0) is 110 Å². The van der Waals surface area contributed by atoms with Crippen LogP contribution in [0.5, 0.6) is 0 Å². The smallest absolute Gasteiger partial charge is 0.0548 e. The van der Waals surface area contributed by atoms with Gasteiger partial charge in [-0.1, -0.05) is 96.6 Å². The molecule has 0 aliphatic carbocycles. The fraction of sp³-hybridized carbons (Fsp3) is 0.0196. The van der Waals surface area contributed by atoms with E-state index in [1.54, 1.807) is 0 Å². The number of benzene rings is 8. The normalized spacial score (nSPS) is 11.7. The molecule has 0 aliphatic rings. The van der Waals surface area contributed by atoms with Crippen molar-refractivity contribution in [3.05, 3.63) is 206 Å². The quantitative estimate of drug-likeness (QED) is 0.168. The minimum absolute atomic E-state index is 1.09. The molecule has 0 aliphatic heterocycles. The summed E-state index contributed by atoms with van der Waals surface area (Å²) >= 11 is 0.